The van der Waals surface area contributed by atoms with Crippen molar-refractivity contribution in [1.82, 2.24) is 0 Å². The number of halogens is 1. The molecule has 2 N–H and O–H groups in total. The summed E-state index contributed by atoms with van der Waals surface area (Å²) in [6.07, 6.45) is 1.07. The molecule has 0 bridgehead atoms. The van der Waals surface area contributed by atoms with Crippen molar-refractivity contribution in [2.75, 3.05) is 32.8 Å². The van der Waals surface area contributed by atoms with Gasteiger partial charge in [0.05, 0.1) is 30.6 Å². The van der Waals surface area contributed by atoms with Gasteiger partial charge < -0.3 is 19.5 Å². The molecule has 0 aliphatic carbocycles. The largest absolute Gasteiger partial charge is 0.489 e. The number of quaternary nitrogens is 1. The molecule has 0 spiro atoms. The molecule has 6 heteroatoms. The van der Waals surface area contributed by atoms with E-state index in [4.69, 9.17) is 21.1 Å². The lowest BCUT2D eigenvalue weighted by atomic mass is 9.97. The Hall–Kier alpha value is -1.30. The van der Waals surface area contributed by atoms with Crippen molar-refractivity contribution in [3.63, 3.8) is 0 Å². The molecule has 23 heavy (non-hydrogen) atoms. The lowest BCUT2D eigenvalue weighted by Crippen LogP contribution is -3.14. The van der Waals surface area contributed by atoms with Gasteiger partial charge >= 0.3 is 5.97 Å². The number of carbonyl (C=O) groups excluding carboxylic acids is 1. The minimum absolute atomic E-state index is 0.00946. The van der Waals surface area contributed by atoms with Crippen molar-refractivity contribution >= 4 is 17.6 Å². The van der Waals surface area contributed by atoms with E-state index in [1.54, 1.807) is 12.1 Å². The van der Waals surface area contributed by atoms with E-state index in [-0.39, 0.29) is 18.5 Å². The molecule has 1 heterocycles. The van der Waals surface area contributed by atoms with E-state index in [2.05, 4.69) is 0 Å². The van der Waals surface area contributed by atoms with Crippen molar-refractivity contribution in [3.05, 3.63) is 29.3 Å². The van der Waals surface area contributed by atoms with Crippen molar-refractivity contribution in [2.45, 2.75) is 25.9 Å². The second kappa shape index (κ2) is 9.11. The van der Waals surface area contributed by atoms with Gasteiger partial charge in [-0.15, -0.1) is 0 Å². The predicted molar refractivity (Wildman–Crippen MR) is 87.9 cm³/mol. The number of piperidine rings is 1. The summed E-state index contributed by atoms with van der Waals surface area (Å²) in [4.78, 5) is 13.0. The van der Waals surface area contributed by atoms with E-state index >= 15 is 0 Å². The Balaban J connectivity index is 1.69. The van der Waals surface area contributed by atoms with Crippen LogP contribution in [0.15, 0.2) is 24.3 Å². The Labute approximate surface area is 142 Å². The second-order valence-corrected chi connectivity index (χ2v) is 6.28. The molecular formula is C17H25ClNO4+. The van der Waals surface area contributed by atoms with Gasteiger partial charge in [-0.1, -0.05) is 23.7 Å². The molecule has 128 valence electrons. The van der Waals surface area contributed by atoms with Crippen LogP contribution >= 0.6 is 11.6 Å². The molecular weight excluding hydrogens is 318 g/mol. The summed E-state index contributed by atoms with van der Waals surface area (Å²) in [5.74, 6) is 0.508. The van der Waals surface area contributed by atoms with E-state index in [1.807, 2.05) is 19.1 Å². The zero-order valence-corrected chi connectivity index (χ0v) is 14.2. The van der Waals surface area contributed by atoms with Crippen molar-refractivity contribution < 1.29 is 24.3 Å². The maximum atomic E-state index is 11.7. The van der Waals surface area contributed by atoms with E-state index in [0.29, 0.717) is 23.9 Å². The molecule has 0 amide bonds. The fourth-order valence-corrected chi connectivity index (χ4v) is 3.06. The Morgan fingerprint density at radius 3 is 2.74 bits per heavy atom. The second-order valence-electron chi connectivity index (χ2n) is 5.88. The van der Waals surface area contributed by atoms with Crippen LogP contribution in [-0.4, -0.2) is 50.0 Å². The molecule has 1 atom stereocenters. The van der Waals surface area contributed by atoms with Gasteiger partial charge in [0.1, 0.15) is 25.0 Å². The minimum atomic E-state index is -0.555. The third kappa shape index (κ3) is 5.68. The summed E-state index contributed by atoms with van der Waals surface area (Å²) >= 11 is 6.02. The fourth-order valence-electron chi connectivity index (χ4n) is 2.87. The van der Waals surface area contributed by atoms with Crippen molar-refractivity contribution in [1.29, 1.82) is 0 Å². The summed E-state index contributed by atoms with van der Waals surface area (Å²) in [6.45, 7) is 4.82. The Morgan fingerprint density at radius 2 is 2.09 bits per heavy atom. The number of likely N-dealkylation sites (tertiary alicyclic amines) is 1. The molecule has 2 rings (SSSR count). The summed E-state index contributed by atoms with van der Waals surface area (Å²) < 4.78 is 10.6. The first-order valence-corrected chi connectivity index (χ1v) is 8.53. The van der Waals surface area contributed by atoms with E-state index in [0.717, 1.165) is 25.9 Å². The zero-order chi connectivity index (χ0) is 16.7. The number of nitrogens with one attached hydrogen (secondary N) is 1. The third-order valence-electron chi connectivity index (χ3n) is 4.10. The number of ether oxygens (including phenoxy) is 2. The smallest absolute Gasteiger partial charge is 0.309 e. The van der Waals surface area contributed by atoms with Gasteiger partial charge in [-0.05, 0) is 19.1 Å². The lowest BCUT2D eigenvalue weighted by Gasteiger charge is -2.29. The first kappa shape index (κ1) is 18.0. The first-order chi connectivity index (χ1) is 11.1. The van der Waals surface area contributed by atoms with Gasteiger partial charge in [0.25, 0.3) is 0 Å². The maximum Gasteiger partial charge on any atom is 0.309 e. The topological polar surface area (TPSA) is 60.2 Å². The molecule has 0 radical (unpaired) electrons. The van der Waals surface area contributed by atoms with Crippen LogP contribution in [0.5, 0.6) is 5.75 Å². The lowest BCUT2D eigenvalue weighted by molar-refractivity contribution is -0.908. The SMILES string of the molecule is CCOC(=O)C1CC[NH+](C[C@H](O)COc2ccccc2Cl)CC1. The molecule has 1 aromatic carbocycles. The van der Waals surface area contributed by atoms with Crippen LogP contribution in [0.2, 0.25) is 5.02 Å². The third-order valence-corrected chi connectivity index (χ3v) is 4.42. The number of benzene rings is 1. The number of aliphatic hydroxyl groups is 1. The Morgan fingerprint density at radius 1 is 1.39 bits per heavy atom. The molecule has 0 unspecified atom stereocenters. The fraction of sp³-hybridized carbons (Fsp3) is 0.588. The average molecular weight is 343 g/mol. The van der Waals surface area contributed by atoms with Crippen LogP contribution in [0, 0.1) is 5.92 Å². The van der Waals surface area contributed by atoms with Gasteiger partial charge in [-0.2, -0.15) is 0 Å². The van der Waals surface area contributed by atoms with Gasteiger partial charge in [-0.3, -0.25) is 4.79 Å². The van der Waals surface area contributed by atoms with Crippen LogP contribution in [0.3, 0.4) is 0 Å². The summed E-state index contributed by atoms with van der Waals surface area (Å²) in [7, 11) is 0. The molecule has 0 aromatic heterocycles. The van der Waals surface area contributed by atoms with E-state index in [9.17, 15) is 9.90 Å². The molecule has 0 saturated carbocycles. The molecule has 1 fully saturated rings. The molecule has 1 aromatic rings. The first-order valence-electron chi connectivity index (χ1n) is 8.15. The molecule has 5 nitrogen and oxygen atoms in total. The van der Waals surface area contributed by atoms with E-state index < -0.39 is 6.10 Å². The number of hydrogen-bond donors (Lipinski definition) is 2. The average Bonchev–Trinajstić information content (AvgIpc) is 2.55. The van der Waals surface area contributed by atoms with Crippen LogP contribution in [-0.2, 0) is 9.53 Å². The highest BCUT2D eigenvalue weighted by atomic mass is 35.5. The van der Waals surface area contributed by atoms with Gasteiger partial charge in [-0.25, -0.2) is 0 Å². The normalized spacial score (nSPS) is 22.4. The summed E-state index contributed by atoms with van der Waals surface area (Å²) in [5, 5.41) is 10.7. The molecule has 1 aliphatic heterocycles. The van der Waals surface area contributed by atoms with Crippen LogP contribution in [0.4, 0.5) is 0 Å². The van der Waals surface area contributed by atoms with Gasteiger partial charge in [0.15, 0.2) is 0 Å². The summed E-state index contributed by atoms with van der Waals surface area (Å²) in [5.41, 5.74) is 0. The summed E-state index contributed by atoms with van der Waals surface area (Å²) in [6, 6.07) is 7.23. The molecule has 1 saturated heterocycles. The van der Waals surface area contributed by atoms with Gasteiger partial charge in [0.2, 0.25) is 0 Å². The van der Waals surface area contributed by atoms with Gasteiger partial charge in [0, 0.05) is 12.8 Å². The highest BCUT2D eigenvalue weighted by Gasteiger charge is 2.29. The monoisotopic (exact) mass is 342 g/mol. The highest BCUT2D eigenvalue weighted by molar-refractivity contribution is 6.32. The van der Waals surface area contributed by atoms with Crippen LogP contribution in [0.25, 0.3) is 0 Å². The zero-order valence-electron chi connectivity index (χ0n) is 13.5. The standard InChI is InChI=1S/C17H24ClNO4/c1-2-22-17(21)13-7-9-19(10-8-13)11-14(20)12-23-16-6-4-3-5-15(16)18/h3-6,13-14,20H,2,7-12H2,1H3/p+1/t14-/m0/s1. The Kier molecular flexibility index (Phi) is 7.15. The minimum Gasteiger partial charge on any atom is -0.489 e. The molecule has 1 aliphatic rings. The number of hydrogen-bond acceptors (Lipinski definition) is 4. The van der Waals surface area contributed by atoms with Crippen molar-refractivity contribution in [2.24, 2.45) is 5.92 Å². The van der Waals surface area contributed by atoms with E-state index in [1.165, 1.54) is 4.90 Å². The highest BCUT2D eigenvalue weighted by Crippen LogP contribution is 2.23. The number of aliphatic hydroxyl groups excluding tert-OH is 1. The van der Waals surface area contributed by atoms with Crippen molar-refractivity contribution in [3.8, 4) is 5.75 Å². The number of para-hydroxylation sites is 1. The quantitative estimate of drug-likeness (QED) is 0.724. The van der Waals surface area contributed by atoms with Crippen LogP contribution in [0.1, 0.15) is 19.8 Å². The maximum absolute atomic E-state index is 11.7. The number of carbonyl (C=O) groups is 1. The Bertz CT molecular complexity index is 503. The number of esters is 1. The number of rotatable bonds is 7. The predicted octanol–water partition coefficient (Wildman–Crippen LogP) is 0.938. The van der Waals surface area contributed by atoms with Crippen LogP contribution < -0.4 is 9.64 Å².